The highest BCUT2D eigenvalue weighted by atomic mass is 16.1. The lowest BCUT2D eigenvalue weighted by Gasteiger charge is -2.03. The molecule has 3 heteroatoms. The second-order valence-corrected chi connectivity index (χ2v) is 3.14. The summed E-state index contributed by atoms with van der Waals surface area (Å²) in [5.74, 6) is -0.175. The van der Waals surface area contributed by atoms with Crippen molar-refractivity contribution in [2.24, 2.45) is 0 Å². The molecule has 0 saturated heterocycles. The van der Waals surface area contributed by atoms with E-state index >= 15 is 0 Å². The molecule has 1 N–H and O–H groups in total. The fourth-order valence-corrected chi connectivity index (χ4v) is 1.10. The standard InChI is InChI=1S/C11H13NO2/c1-9(13)7-11(14)8-12-10-5-3-2-4-6-10/h2-6,12H,7-8H2,1H3. The van der Waals surface area contributed by atoms with Crippen LogP contribution in [0.2, 0.25) is 0 Å². The van der Waals surface area contributed by atoms with E-state index in [-0.39, 0.29) is 24.5 Å². The first-order valence-electron chi connectivity index (χ1n) is 4.48. The quantitative estimate of drug-likeness (QED) is 0.720. The molecule has 0 bridgehead atoms. The second-order valence-electron chi connectivity index (χ2n) is 3.14. The summed E-state index contributed by atoms with van der Waals surface area (Å²) < 4.78 is 0. The minimum absolute atomic E-state index is 0.0137. The highest BCUT2D eigenvalue weighted by Crippen LogP contribution is 2.04. The molecule has 0 saturated carbocycles. The molecule has 1 aromatic rings. The zero-order valence-corrected chi connectivity index (χ0v) is 8.12. The van der Waals surface area contributed by atoms with Gasteiger partial charge in [-0.3, -0.25) is 9.59 Å². The van der Waals surface area contributed by atoms with Crippen molar-refractivity contribution in [1.29, 1.82) is 0 Å². The van der Waals surface area contributed by atoms with Gasteiger partial charge in [-0.1, -0.05) is 18.2 Å². The van der Waals surface area contributed by atoms with Crippen LogP contribution < -0.4 is 5.32 Å². The minimum atomic E-state index is -0.0927. The van der Waals surface area contributed by atoms with Crippen LogP contribution in [0, 0.1) is 0 Å². The summed E-state index contributed by atoms with van der Waals surface area (Å²) in [5.41, 5.74) is 0.893. The average molecular weight is 191 g/mol. The van der Waals surface area contributed by atoms with Gasteiger partial charge in [-0.15, -0.1) is 0 Å². The van der Waals surface area contributed by atoms with E-state index in [2.05, 4.69) is 5.32 Å². The van der Waals surface area contributed by atoms with Gasteiger partial charge in [0, 0.05) is 5.69 Å². The number of carbonyl (C=O) groups is 2. The Morgan fingerprint density at radius 1 is 1.21 bits per heavy atom. The number of carbonyl (C=O) groups excluding carboxylic acids is 2. The lowest BCUT2D eigenvalue weighted by atomic mass is 10.2. The number of anilines is 1. The molecule has 0 aliphatic rings. The lowest BCUT2D eigenvalue weighted by molar-refractivity contribution is -0.124. The van der Waals surface area contributed by atoms with Gasteiger partial charge in [-0.2, -0.15) is 0 Å². The maximum absolute atomic E-state index is 11.1. The van der Waals surface area contributed by atoms with Crippen molar-refractivity contribution in [3.8, 4) is 0 Å². The Morgan fingerprint density at radius 3 is 2.43 bits per heavy atom. The Balaban J connectivity index is 2.34. The van der Waals surface area contributed by atoms with Crippen molar-refractivity contribution in [3.63, 3.8) is 0 Å². The maximum Gasteiger partial charge on any atom is 0.159 e. The van der Waals surface area contributed by atoms with E-state index in [0.717, 1.165) is 5.69 Å². The third-order valence-corrected chi connectivity index (χ3v) is 1.71. The van der Waals surface area contributed by atoms with E-state index in [9.17, 15) is 9.59 Å². The number of Topliss-reactive ketones (excluding diaryl/α,β-unsaturated/α-hetero) is 2. The lowest BCUT2D eigenvalue weighted by Crippen LogP contribution is -2.16. The first-order chi connectivity index (χ1) is 6.68. The van der Waals surface area contributed by atoms with Crippen LogP contribution in [0.25, 0.3) is 0 Å². The summed E-state index contributed by atoms with van der Waals surface area (Å²) in [7, 11) is 0. The maximum atomic E-state index is 11.1. The monoisotopic (exact) mass is 191 g/mol. The zero-order valence-electron chi connectivity index (χ0n) is 8.12. The number of para-hydroxylation sites is 1. The van der Waals surface area contributed by atoms with Gasteiger partial charge in [-0.05, 0) is 19.1 Å². The molecule has 0 aromatic heterocycles. The second kappa shape index (κ2) is 5.17. The Labute approximate surface area is 83.1 Å². The largest absolute Gasteiger partial charge is 0.378 e. The number of hydrogen-bond acceptors (Lipinski definition) is 3. The normalized spacial score (nSPS) is 9.50. The summed E-state index contributed by atoms with van der Waals surface area (Å²) in [6, 6.07) is 9.43. The zero-order chi connectivity index (χ0) is 10.4. The van der Waals surface area contributed by atoms with E-state index in [4.69, 9.17) is 0 Å². The van der Waals surface area contributed by atoms with Gasteiger partial charge in [0.05, 0.1) is 13.0 Å². The molecule has 0 heterocycles. The topological polar surface area (TPSA) is 46.2 Å². The molecule has 3 nitrogen and oxygen atoms in total. The van der Waals surface area contributed by atoms with Crippen LogP contribution in [0.1, 0.15) is 13.3 Å². The molecule has 1 aromatic carbocycles. The van der Waals surface area contributed by atoms with Crippen LogP contribution in [0.3, 0.4) is 0 Å². The van der Waals surface area contributed by atoms with Crippen LogP contribution >= 0.6 is 0 Å². The van der Waals surface area contributed by atoms with Crippen LogP contribution in [0.4, 0.5) is 5.69 Å². The predicted molar refractivity (Wildman–Crippen MR) is 55.2 cm³/mol. The highest BCUT2D eigenvalue weighted by Gasteiger charge is 2.04. The minimum Gasteiger partial charge on any atom is -0.378 e. The molecule has 74 valence electrons. The summed E-state index contributed by atoms with van der Waals surface area (Å²) in [6.07, 6.45) is 0.0137. The first kappa shape index (κ1) is 10.4. The molecule has 1 rings (SSSR count). The van der Waals surface area contributed by atoms with Crippen LogP contribution in [-0.4, -0.2) is 18.1 Å². The van der Waals surface area contributed by atoms with E-state index in [1.165, 1.54) is 6.92 Å². The Hall–Kier alpha value is -1.64. The number of rotatable bonds is 5. The van der Waals surface area contributed by atoms with Crippen molar-refractivity contribution in [3.05, 3.63) is 30.3 Å². The Bertz CT molecular complexity index is 319. The van der Waals surface area contributed by atoms with Crippen molar-refractivity contribution < 1.29 is 9.59 Å². The molecule has 0 amide bonds. The smallest absolute Gasteiger partial charge is 0.159 e. The van der Waals surface area contributed by atoms with E-state index < -0.39 is 0 Å². The summed E-state index contributed by atoms with van der Waals surface area (Å²) >= 11 is 0. The van der Waals surface area contributed by atoms with Crippen LogP contribution in [0.15, 0.2) is 30.3 Å². The fraction of sp³-hybridized carbons (Fsp3) is 0.273. The molecule has 14 heavy (non-hydrogen) atoms. The first-order valence-corrected chi connectivity index (χ1v) is 4.48. The third kappa shape index (κ3) is 3.85. The van der Waals surface area contributed by atoms with Crippen molar-refractivity contribution in [1.82, 2.24) is 0 Å². The van der Waals surface area contributed by atoms with E-state index in [0.29, 0.717) is 0 Å². The number of benzene rings is 1. The Kier molecular flexibility index (Phi) is 3.85. The number of hydrogen-bond donors (Lipinski definition) is 1. The average Bonchev–Trinajstić information content (AvgIpc) is 2.15. The third-order valence-electron chi connectivity index (χ3n) is 1.71. The van der Waals surface area contributed by atoms with Gasteiger partial charge in [0.1, 0.15) is 5.78 Å². The van der Waals surface area contributed by atoms with Gasteiger partial charge in [-0.25, -0.2) is 0 Å². The van der Waals surface area contributed by atoms with Gasteiger partial charge in [0.25, 0.3) is 0 Å². The molecule has 0 spiro atoms. The van der Waals surface area contributed by atoms with Crippen LogP contribution in [0.5, 0.6) is 0 Å². The molecular formula is C11H13NO2. The van der Waals surface area contributed by atoms with Gasteiger partial charge >= 0.3 is 0 Å². The van der Waals surface area contributed by atoms with Gasteiger partial charge in [0.2, 0.25) is 0 Å². The number of nitrogens with one attached hydrogen (secondary N) is 1. The summed E-state index contributed by atoms with van der Waals surface area (Å²) in [4.78, 5) is 21.8. The van der Waals surface area contributed by atoms with E-state index in [1.54, 1.807) is 0 Å². The van der Waals surface area contributed by atoms with Gasteiger partial charge < -0.3 is 5.32 Å². The molecule has 0 radical (unpaired) electrons. The van der Waals surface area contributed by atoms with Crippen molar-refractivity contribution in [2.45, 2.75) is 13.3 Å². The van der Waals surface area contributed by atoms with Gasteiger partial charge in [0.15, 0.2) is 5.78 Å². The molecule has 0 fully saturated rings. The molecule has 0 atom stereocenters. The Morgan fingerprint density at radius 2 is 1.86 bits per heavy atom. The molecule has 0 aliphatic heterocycles. The van der Waals surface area contributed by atoms with E-state index in [1.807, 2.05) is 30.3 Å². The van der Waals surface area contributed by atoms with Crippen molar-refractivity contribution in [2.75, 3.05) is 11.9 Å². The molecular weight excluding hydrogens is 178 g/mol. The summed E-state index contributed by atoms with van der Waals surface area (Å²) in [6.45, 7) is 1.63. The molecule has 0 aliphatic carbocycles. The fourth-order valence-electron chi connectivity index (χ4n) is 1.10. The number of ketones is 2. The highest BCUT2D eigenvalue weighted by molar-refractivity contribution is 5.99. The van der Waals surface area contributed by atoms with Crippen molar-refractivity contribution >= 4 is 17.3 Å². The molecule has 0 unspecified atom stereocenters. The predicted octanol–water partition coefficient (Wildman–Crippen LogP) is 1.65. The SMILES string of the molecule is CC(=O)CC(=O)CNc1ccccc1. The summed E-state index contributed by atoms with van der Waals surface area (Å²) in [5, 5.41) is 2.95. The van der Waals surface area contributed by atoms with Crippen LogP contribution in [-0.2, 0) is 9.59 Å².